The number of benzene rings is 2. The zero-order valence-electron chi connectivity index (χ0n) is 21.5. The third-order valence-electron chi connectivity index (χ3n) is 6.35. The van der Waals surface area contributed by atoms with E-state index in [9.17, 15) is 8.42 Å². The Labute approximate surface area is 223 Å². The molecule has 1 fully saturated rings. The molecule has 1 saturated heterocycles. The second kappa shape index (κ2) is 11.5. The van der Waals surface area contributed by atoms with Gasteiger partial charge in [-0.1, -0.05) is 18.5 Å². The summed E-state index contributed by atoms with van der Waals surface area (Å²) in [6.07, 6.45) is 1.54. The molecule has 1 aliphatic rings. The minimum absolute atomic E-state index is 0.302. The van der Waals surface area contributed by atoms with Crippen LogP contribution in [0.1, 0.15) is 18.1 Å². The molecule has 0 aliphatic carbocycles. The van der Waals surface area contributed by atoms with Crippen molar-refractivity contribution in [2.45, 2.75) is 20.8 Å². The average Bonchev–Trinajstić information content (AvgIpc) is 2.86. The lowest BCUT2D eigenvalue weighted by molar-refractivity contribution is 0.313. The molecule has 0 unspecified atom stereocenters. The van der Waals surface area contributed by atoms with Crippen molar-refractivity contribution in [1.29, 1.82) is 0 Å². The highest BCUT2D eigenvalue weighted by atomic mass is 35.5. The van der Waals surface area contributed by atoms with Gasteiger partial charge in [-0.05, 0) is 68.4 Å². The molecule has 1 aliphatic heterocycles. The smallest absolute Gasteiger partial charge is 0.299 e. The number of rotatable bonds is 9. The lowest BCUT2D eigenvalue weighted by Crippen LogP contribution is -2.44. The van der Waals surface area contributed by atoms with Gasteiger partial charge in [-0.25, -0.2) is 4.98 Å². The molecule has 0 saturated carbocycles. The lowest BCUT2D eigenvalue weighted by Gasteiger charge is -2.34. The van der Waals surface area contributed by atoms with Crippen LogP contribution in [0.3, 0.4) is 0 Å². The molecular formula is C25H33ClN8O2S. The second-order valence-corrected chi connectivity index (χ2v) is 10.9. The Morgan fingerprint density at radius 1 is 0.946 bits per heavy atom. The van der Waals surface area contributed by atoms with Crippen LogP contribution in [-0.4, -0.2) is 63.1 Å². The van der Waals surface area contributed by atoms with Gasteiger partial charge in [-0.3, -0.25) is 4.72 Å². The molecule has 3 aromatic rings. The standard InChI is InChI=1S/C25H33ClN8O2S/c1-5-28-37(35,36)32-23-11-10-22(17(2)18(23)3)30-24-21(26)16-27-25(31-24)29-19-6-8-20(9-7-19)34-14-12-33(4)13-15-34/h6-11,16,28,32H,5,12-15H2,1-4H3,(H2,27,29,30,31). The van der Waals surface area contributed by atoms with Crippen LogP contribution in [-0.2, 0) is 10.2 Å². The minimum atomic E-state index is -3.62. The van der Waals surface area contributed by atoms with Crippen molar-refractivity contribution >= 4 is 56.3 Å². The summed E-state index contributed by atoms with van der Waals surface area (Å²) in [7, 11) is -1.48. The van der Waals surface area contributed by atoms with E-state index in [0.717, 1.165) is 48.7 Å². The summed E-state index contributed by atoms with van der Waals surface area (Å²) in [6, 6.07) is 11.7. The van der Waals surface area contributed by atoms with Gasteiger partial charge in [0.1, 0.15) is 5.02 Å². The summed E-state index contributed by atoms with van der Waals surface area (Å²) in [5, 5.41) is 6.85. The van der Waals surface area contributed by atoms with Crippen LogP contribution in [0.15, 0.2) is 42.6 Å². The summed E-state index contributed by atoms with van der Waals surface area (Å²) in [4.78, 5) is 13.6. The van der Waals surface area contributed by atoms with Crippen LogP contribution >= 0.6 is 11.6 Å². The van der Waals surface area contributed by atoms with Gasteiger partial charge in [0, 0.05) is 49.8 Å². The summed E-state index contributed by atoms with van der Waals surface area (Å²) in [5.41, 5.74) is 4.97. The molecule has 2 heterocycles. The number of anilines is 6. The van der Waals surface area contributed by atoms with E-state index >= 15 is 0 Å². The zero-order valence-corrected chi connectivity index (χ0v) is 23.0. The predicted octanol–water partition coefficient (Wildman–Crippen LogP) is 4.25. The molecule has 37 heavy (non-hydrogen) atoms. The van der Waals surface area contributed by atoms with Crippen molar-refractivity contribution in [1.82, 2.24) is 19.6 Å². The monoisotopic (exact) mass is 544 g/mol. The summed E-state index contributed by atoms with van der Waals surface area (Å²) in [5.74, 6) is 0.848. The van der Waals surface area contributed by atoms with Crippen LogP contribution in [0.5, 0.6) is 0 Å². The van der Waals surface area contributed by atoms with E-state index in [1.165, 1.54) is 5.69 Å². The summed E-state index contributed by atoms with van der Waals surface area (Å²) >= 11 is 6.39. The van der Waals surface area contributed by atoms with E-state index < -0.39 is 10.2 Å². The van der Waals surface area contributed by atoms with E-state index in [1.807, 2.05) is 26.0 Å². The van der Waals surface area contributed by atoms with Crippen molar-refractivity contribution in [2.24, 2.45) is 0 Å². The summed E-state index contributed by atoms with van der Waals surface area (Å²) < 4.78 is 29.2. The Hall–Kier alpha value is -3.12. The minimum Gasteiger partial charge on any atom is -0.369 e. The number of piperazine rings is 1. The Morgan fingerprint density at radius 2 is 1.59 bits per heavy atom. The van der Waals surface area contributed by atoms with Crippen LogP contribution in [0.25, 0.3) is 0 Å². The van der Waals surface area contributed by atoms with Crippen LogP contribution in [0.2, 0.25) is 5.02 Å². The number of hydrogen-bond acceptors (Lipinski definition) is 8. The summed E-state index contributed by atoms with van der Waals surface area (Å²) in [6.45, 7) is 9.92. The number of likely N-dealkylation sites (N-methyl/N-ethyl adjacent to an activating group) is 1. The van der Waals surface area contributed by atoms with Crippen molar-refractivity contribution in [2.75, 3.05) is 60.0 Å². The van der Waals surface area contributed by atoms with Gasteiger partial charge in [0.2, 0.25) is 5.95 Å². The van der Waals surface area contributed by atoms with Crippen molar-refractivity contribution in [3.8, 4) is 0 Å². The number of aromatic nitrogens is 2. The Morgan fingerprint density at radius 3 is 2.27 bits per heavy atom. The third-order valence-corrected chi connectivity index (χ3v) is 7.79. The molecule has 10 nitrogen and oxygen atoms in total. The molecule has 2 aromatic carbocycles. The van der Waals surface area contributed by atoms with Crippen LogP contribution in [0.4, 0.5) is 34.5 Å². The zero-order chi connectivity index (χ0) is 26.6. The maximum atomic E-state index is 12.1. The molecular weight excluding hydrogens is 512 g/mol. The number of halogens is 1. The average molecular weight is 545 g/mol. The Balaban J connectivity index is 1.47. The first-order chi connectivity index (χ1) is 17.6. The fourth-order valence-electron chi connectivity index (χ4n) is 4.03. The fourth-order valence-corrected chi connectivity index (χ4v) is 5.13. The highest BCUT2D eigenvalue weighted by molar-refractivity contribution is 7.90. The first-order valence-corrected chi connectivity index (χ1v) is 14.0. The lowest BCUT2D eigenvalue weighted by atomic mass is 10.1. The SMILES string of the molecule is CCNS(=O)(=O)Nc1ccc(Nc2nc(Nc3ccc(N4CCN(C)CC4)cc3)ncc2Cl)c(C)c1C. The maximum absolute atomic E-state index is 12.1. The van der Waals surface area contributed by atoms with E-state index in [1.54, 1.807) is 25.3 Å². The number of hydrogen-bond donors (Lipinski definition) is 4. The van der Waals surface area contributed by atoms with Gasteiger partial charge < -0.3 is 20.4 Å². The molecule has 198 valence electrons. The van der Waals surface area contributed by atoms with E-state index in [0.29, 0.717) is 29.0 Å². The van der Waals surface area contributed by atoms with Crippen molar-refractivity contribution in [3.05, 3.63) is 58.7 Å². The van der Waals surface area contributed by atoms with Crippen LogP contribution in [0, 0.1) is 13.8 Å². The molecule has 0 radical (unpaired) electrons. The second-order valence-electron chi connectivity index (χ2n) is 8.99. The van der Waals surface area contributed by atoms with Gasteiger partial charge in [0.15, 0.2) is 5.82 Å². The molecule has 0 bridgehead atoms. The first kappa shape index (κ1) is 26.9. The molecule has 4 rings (SSSR count). The highest BCUT2D eigenvalue weighted by Gasteiger charge is 2.16. The topological polar surface area (TPSA) is 115 Å². The Bertz CT molecular complexity index is 1340. The molecule has 12 heteroatoms. The normalized spacial score (nSPS) is 14.5. The van der Waals surface area contributed by atoms with Gasteiger partial charge >= 0.3 is 0 Å². The molecule has 0 atom stereocenters. The molecule has 1 aromatic heterocycles. The number of nitrogens with one attached hydrogen (secondary N) is 4. The quantitative estimate of drug-likeness (QED) is 0.316. The van der Waals surface area contributed by atoms with Gasteiger partial charge in [0.25, 0.3) is 10.2 Å². The molecule has 0 amide bonds. The predicted molar refractivity (Wildman–Crippen MR) is 152 cm³/mol. The van der Waals surface area contributed by atoms with E-state index in [2.05, 4.69) is 59.0 Å². The third kappa shape index (κ3) is 6.80. The maximum Gasteiger partial charge on any atom is 0.299 e. The van der Waals surface area contributed by atoms with Gasteiger partial charge in [0.05, 0.1) is 11.9 Å². The molecule has 0 spiro atoms. The van der Waals surface area contributed by atoms with E-state index in [-0.39, 0.29) is 0 Å². The molecule has 4 N–H and O–H groups in total. The van der Waals surface area contributed by atoms with Gasteiger partial charge in [-0.2, -0.15) is 18.1 Å². The van der Waals surface area contributed by atoms with Crippen molar-refractivity contribution in [3.63, 3.8) is 0 Å². The van der Waals surface area contributed by atoms with E-state index in [4.69, 9.17) is 11.6 Å². The van der Waals surface area contributed by atoms with Crippen LogP contribution < -0.4 is 25.0 Å². The van der Waals surface area contributed by atoms with Crippen molar-refractivity contribution < 1.29 is 8.42 Å². The van der Waals surface area contributed by atoms with Gasteiger partial charge in [-0.15, -0.1) is 0 Å². The first-order valence-electron chi connectivity index (χ1n) is 12.1. The Kier molecular flexibility index (Phi) is 8.38. The number of nitrogens with zero attached hydrogens (tertiary/aromatic N) is 4. The fraction of sp³-hybridized carbons (Fsp3) is 0.360. The largest absolute Gasteiger partial charge is 0.369 e. The highest BCUT2D eigenvalue weighted by Crippen LogP contribution is 2.31.